The highest BCUT2D eigenvalue weighted by Gasteiger charge is 2.39. The molecule has 6 rings (SSSR count). The van der Waals surface area contributed by atoms with Crippen LogP contribution in [-0.4, -0.2) is 68.1 Å². The quantitative estimate of drug-likeness (QED) is 0.236. The first kappa shape index (κ1) is 27.4. The first-order valence-corrected chi connectivity index (χ1v) is 14.3. The van der Waals surface area contributed by atoms with Gasteiger partial charge in [-0.1, -0.05) is 0 Å². The smallest absolute Gasteiger partial charge is 0.453 e. The second-order valence-corrected chi connectivity index (χ2v) is 12.3. The maximum Gasteiger partial charge on any atom is 0.504 e. The van der Waals surface area contributed by atoms with Gasteiger partial charge in [-0.3, -0.25) is 13.8 Å². The molecular weight excluding hydrogens is 609 g/mol. The van der Waals surface area contributed by atoms with E-state index in [-0.39, 0.29) is 50.7 Å². The van der Waals surface area contributed by atoms with Crippen molar-refractivity contribution in [3.63, 3.8) is 0 Å². The number of methoxy groups -OCH3 is 1. The first-order valence-electron chi connectivity index (χ1n) is 15.8. The number of aryl methyl sites for hydroxylation is 1. The molecule has 2 atom stereocenters. The van der Waals surface area contributed by atoms with Crippen LogP contribution in [0.2, 0.25) is 0 Å². The van der Waals surface area contributed by atoms with Gasteiger partial charge >= 0.3 is 18.1 Å². The third kappa shape index (κ3) is 5.77. The number of aliphatic hydroxyl groups is 1. The van der Waals surface area contributed by atoms with E-state index in [4.69, 9.17) is 8.85 Å². The number of hydrogen-bond acceptors (Lipinski definition) is 9. The van der Waals surface area contributed by atoms with Crippen LogP contribution in [0.1, 0.15) is 50.2 Å². The molecule has 0 saturated heterocycles. The molecule has 1 amide bonds. The van der Waals surface area contributed by atoms with Gasteiger partial charge in [0, 0.05) is 40.5 Å². The molecule has 0 radical (unpaired) electrons. The molecule has 5 aromatic heterocycles. The summed E-state index contributed by atoms with van der Waals surface area (Å²) in [6.45, 7) is 2.15. The molecule has 0 spiro atoms. The second kappa shape index (κ2) is 10.9. The number of imidazole rings is 1. The fourth-order valence-electron chi connectivity index (χ4n) is 5.90. The van der Waals surface area contributed by atoms with E-state index in [0.29, 0.717) is 29.3 Å². The van der Waals surface area contributed by atoms with Crippen molar-refractivity contribution < 1.29 is 31.9 Å². The zero-order chi connectivity index (χ0) is 35.7. The number of fused-ring (bicyclic) bond motifs is 2. The normalized spacial score (nSPS) is 20.1. The largest absolute Gasteiger partial charge is 0.504 e. The van der Waals surface area contributed by atoms with Gasteiger partial charge in [0.15, 0.2) is 0 Å². The van der Waals surface area contributed by atoms with Crippen LogP contribution in [-0.2, 0) is 24.6 Å². The van der Waals surface area contributed by atoms with Gasteiger partial charge in [0.05, 0.1) is 48.2 Å². The number of ether oxygens (including phenoxy) is 1. The van der Waals surface area contributed by atoms with Gasteiger partial charge in [0.2, 0.25) is 0 Å². The summed E-state index contributed by atoms with van der Waals surface area (Å²) in [5, 5.41) is 24.2. The summed E-state index contributed by atoms with van der Waals surface area (Å²) in [5.74, 6) is 0.408. The van der Waals surface area contributed by atoms with Crippen molar-refractivity contribution in [2.75, 3.05) is 12.4 Å². The van der Waals surface area contributed by atoms with Gasteiger partial charge in [-0.2, -0.15) is 14.9 Å². The number of aromatic nitrogens is 8. The molecule has 1 aliphatic carbocycles. The predicted molar refractivity (Wildman–Crippen MR) is 161 cm³/mol. The number of pyridine rings is 2. The van der Waals surface area contributed by atoms with Crippen LogP contribution in [0.4, 0.5) is 29.6 Å². The predicted octanol–water partition coefficient (Wildman–Crippen LogP) is 4.17. The average molecular weight is 646 g/mol. The van der Waals surface area contributed by atoms with E-state index in [0.717, 1.165) is 12.4 Å². The summed E-state index contributed by atoms with van der Waals surface area (Å²) < 4.78 is 72.2. The lowest BCUT2D eigenvalue weighted by atomic mass is 10.0. The maximum atomic E-state index is 13.7. The molecular formula is C29H33F3N10O4. The Balaban J connectivity index is 1.41. The Kier molecular flexibility index (Phi) is 6.46. The number of carbonyl (C=O) groups excluding carboxylic acids is 1. The number of alkyl halides is 3. The fourth-order valence-corrected chi connectivity index (χ4v) is 5.90. The third-order valence-corrected chi connectivity index (χ3v) is 7.94. The topological polar surface area (TPSA) is 159 Å². The van der Waals surface area contributed by atoms with Gasteiger partial charge in [-0.05, 0) is 52.2 Å². The minimum atomic E-state index is -4.75. The van der Waals surface area contributed by atoms with Crippen LogP contribution < -0.4 is 16.3 Å². The van der Waals surface area contributed by atoms with Crippen LogP contribution in [0.5, 0.6) is 0 Å². The molecule has 3 N–H and O–H groups in total. The number of amides is 1. The number of anilines is 2. The molecule has 0 aromatic carbocycles. The molecule has 5 heterocycles. The first-order chi connectivity index (χ1) is 22.8. The Morgan fingerprint density at radius 3 is 2.67 bits per heavy atom. The monoisotopic (exact) mass is 645 g/mol. The number of halogens is 3. The summed E-state index contributed by atoms with van der Waals surface area (Å²) in [4.78, 5) is 34.6. The average Bonchev–Trinajstić information content (AvgIpc) is 3.75. The van der Waals surface area contributed by atoms with Crippen LogP contribution in [0.15, 0.2) is 41.6 Å². The molecule has 5 aromatic rings. The van der Waals surface area contributed by atoms with E-state index in [1.807, 2.05) is 6.92 Å². The summed E-state index contributed by atoms with van der Waals surface area (Å²) in [5.41, 5.74) is -1.54. The van der Waals surface area contributed by atoms with E-state index < -0.39 is 42.2 Å². The van der Waals surface area contributed by atoms with Gasteiger partial charge in [0.25, 0.3) is 0 Å². The molecule has 0 aliphatic heterocycles. The SMILES string of the molecule is [2H]C([2H])([2H])n1c(=O)n([C@@H]2CC[C@](C)(NC(=O)OC)C2)c2cc(Nc3ccc4c(n3)c(-c3cnn(C(F)(F)F)c3)nn4CC(C)(C)O)ncc21. The third-order valence-electron chi connectivity index (χ3n) is 7.94. The Bertz CT molecular complexity index is 2130. The second-order valence-electron chi connectivity index (χ2n) is 12.3. The lowest BCUT2D eigenvalue weighted by Gasteiger charge is -2.25. The maximum absolute atomic E-state index is 13.7. The number of nitrogens with one attached hydrogen (secondary N) is 2. The Hall–Kier alpha value is -4.93. The molecule has 1 fully saturated rings. The Morgan fingerprint density at radius 2 is 2.00 bits per heavy atom. The van der Waals surface area contributed by atoms with Gasteiger partial charge in [-0.25, -0.2) is 19.6 Å². The summed E-state index contributed by atoms with van der Waals surface area (Å²) in [6.07, 6.45) is -1.00. The van der Waals surface area contributed by atoms with Crippen molar-refractivity contribution in [1.82, 2.24) is 44.0 Å². The molecule has 244 valence electrons. The van der Waals surface area contributed by atoms with E-state index in [9.17, 15) is 27.9 Å². The highest BCUT2D eigenvalue weighted by molar-refractivity contribution is 5.91. The van der Waals surface area contributed by atoms with E-state index in [1.54, 1.807) is 26.0 Å². The highest BCUT2D eigenvalue weighted by Crippen LogP contribution is 2.39. The summed E-state index contributed by atoms with van der Waals surface area (Å²) in [7, 11) is 1.25. The summed E-state index contributed by atoms with van der Waals surface area (Å²) in [6, 6.07) is 4.27. The minimum absolute atomic E-state index is 0.0109. The Morgan fingerprint density at radius 1 is 1.22 bits per heavy atom. The molecule has 17 heteroatoms. The number of alkyl carbamates (subject to hydrolysis) is 1. The molecule has 0 bridgehead atoms. The molecule has 1 aliphatic rings. The lowest BCUT2D eigenvalue weighted by Crippen LogP contribution is -2.44. The van der Waals surface area contributed by atoms with Crippen molar-refractivity contribution in [2.24, 2.45) is 6.98 Å². The van der Waals surface area contributed by atoms with E-state index >= 15 is 0 Å². The molecule has 0 unspecified atom stereocenters. The number of carbonyl (C=O) groups is 1. The minimum Gasteiger partial charge on any atom is -0.453 e. The number of rotatable bonds is 7. The number of hydrogen-bond donors (Lipinski definition) is 3. The standard InChI is InChI=1S/C29H33F3N10O4/c1-27(2,45)15-40-18-6-7-21(36-24(18)23(38-40)16-12-34-41(14-16)29(30,31)32)35-22-10-19-20(13-33-22)39(4)26(44)42(19)17-8-9-28(3,11-17)37-25(43)46-5/h6-7,10,12-14,17,45H,8-9,11,15H2,1-5H3,(H,37,43)(H,33,35,36)/t17-,28+/m1/s1/i4D3. The zero-order valence-electron chi connectivity index (χ0n) is 28.3. The zero-order valence-corrected chi connectivity index (χ0v) is 25.3. The van der Waals surface area contributed by atoms with Crippen LogP contribution in [0, 0.1) is 0 Å². The van der Waals surface area contributed by atoms with Crippen LogP contribution >= 0.6 is 0 Å². The summed E-state index contributed by atoms with van der Waals surface area (Å²) >= 11 is 0. The lowest BCUT2D eigenvalue weighted by molar-refractivity contribution is -0.212. The van der Waals surface area contributed by atoms with Crippen LogP contribution in [0.25, 0.3) is 33.3 Å². The molecule has 46 heavy (non-hydrogen) atoms. The molecule has 1 saturated carbocycles. The van der Waals surface area contributed by atoms with Crippen LogP contribution in [0.3, 0.4) is 0 Å². The van der Waals surface area contributed by atoms with Gasteiger partial charge in [0.1, 0.15) is 22.8 Å². The fraction of sp³-hybridized carbons (Fsp3) is 0.448. The van der Waals surface area contributed by atoms with E-state index in [2.05, 4.69) is 30.8 Å². The van der Waals surface area contributed by atoms with Crippen molar-refractivity contribution >= 4 is 39.8 Å². The van der Waals surface area contributed by atoms with Gasteiger partial charge < -0.3 is 20.5 Å². The molecule has 14 nitrogen and oxygen atoms in total. The highest BCUT2D eigenvalue weighted by atomic mass is 19.4. The van der Waals surface area contributed by atoms with Crippen molar-refractivity contribution in [2.45, 2.75) is 70.1 Å². The Labute approximate surface area is 264 Å². The number of nitrogens with zero attached hydrogens (tertiary/aromatic N) is 8. The van der Waals surface area contributed by atoms with Crippen molar-refractivity contribution in [3.8, 4) is 11.3 Å². The van der Waals surface area contributed by atoms with Crippen molar-refractivity contribution in [1.29, 1.82) is 0 Å². The van der Waals surface area contributed by atoms with Gasteiger partial charge in [-0.15, -0.1) is 13.2 Å². The van der Waals surface area contributed by atoms with Crippen molar-refractivity contribution in [3.05, 3.63) is 47.3 Å². The van der Waals surface area contributed by atoms with E-state index in [1.165, 1.54) is 28.6 Å².